The molecule has 2 aliphatic heterocycles. The van der Waals surface area contributed by atoms with Gasteiger partial charge in [-0.25, -0.2) is 0 Å². The molecular weight excluding hydrogens is 232 g/mol. The van der Waals surface area contributed by atoms with Crippen molar-refractivity contribution in [1.82, 2.24) is 4.90 Å². The molecule has 1 saturated carbocycles. The fraction of sp³-hybridized carbons (Fsp3) is 1.00. The summed E-state index contributed by atoms with van der Waals surface area (Å²) in [6.07, 6.45) is 9.83. The Hall–Kier alpha value is 0.230. The van der Waals surface area contributed by atoms with Crippen LogP contribution in [0.5, 0.6) is 0 Å². The molecule has 1 aliphatic carbocycles. The van der Waals surface area contributed by atoms with Crippen molar-refractivity contribution in [3.05, 3.63) is 0 Å². The number of fused-ring (bicyclic) bond motifs is 2. The van der Waals surface area contributed by atoms with E-state index in [1.165, 1.54) is 32.1 Å². The fourth-order valence-electron chi connectivity index (χ4n) is 3.80. The van der Waals surface area contributed by atoms with Gasteiger partial charge in [-0.1, -0.05) is 6.42 Å². The SMILES string of the molecule is CSC1(C(CN)N2CC3CCC(C2)O3)CCC1. The molecule has 0 radical (unpaired) electrons. The highest BCUT2D eigenvalue weighted by Gasteiger charge is 2.48. The molecule has 0 spiro atoms. The van der Waals surface area contributed by atoms with E-state index in [0.717, 1.165) is 19.6 Å². The quantitative estimate of drug-likeness (QED) is 0.826. The van der Waals surface area contributed by atoms with E-state index in [0.29, 0.717) is 23.0 Å². The smallest absolute Gasteiger partial charge is 0.0707 e. The lowest BCUT2D eigenvalue weighted by Gasteiger charge is -2.52. The summed E-state index contributed by atoms with van der Waals surface area (Å²) in [6, 6.07) is 0.568. The van der Waals surface area contributed by atoms with Crippen LogP contribution in [-0.2, 0) is 4.74 Å². The van der Waals surface area contributed by atoms with E-state index in [-0.39, 0.29) is 0 Å². The maximum atomic E-state index is 6.09. The average molecular weight is 256 g/mol. The van der Waals surface area contributed by atoms with E-state index in [1.54, 1.807) is 0 Å². The molecule has 4 heteroatoms. The van der Waals surface area contributed by atoms with E-state index in [2.05, 4.69) is 11.2 Å². The predicted molar refractivity (Wildman–Crippen MR) is 72.4 cm³/mol. The van der Waals surface area contributed by atoms with Gasteiger partial charge in [0, 0.05) is 30.4 Å². The van der Waals surface area contributed by atoms with Crippen LogP contribution in [0.3, 0.4) is 0 Å². The molecule has 0 amide bonds. The molecule has 3 atom stereocenters. The summed E-state index contributed by atoms with van der Waals surface area (Å²) in [5.41, 5.74) is 6.09. The van der Waals surface area contributed by atoms with Gasteiger partial charge in [0.2, 0.25) is 0 Å². The first-order chi connectivity index (χ1) is 8.27. The van der Waals surface area contributed by atoms with Crippen LogP contribution in [0.15, 0.2) is 0 Å². The highest BCUT2D eigenvalue weighted by Crippen LogP contribution is 2.47. The van der Waals surface area contributed by atoms with E-state index >= 15 is 0 Å². The van der Waals surface area contributed by atoms with Crippen molar-refractivity contribution >= 4 is 11.8 Å². The minimum atomic E-state index is 0.450. The van der Waals surface area contributed by atoms with Gasteiger partial charge in [0.15, 0.2) is 0 Å². The normalized spacial score (nSPS) is 37.8. The number of nitrogens with zero attached hydrogens (tertiary/aromatic N) is 1. The topological polar surface area (TPSA) is 38.5 Å². The maximum Gasteiger partial charge on any atom is 0.0707 e. The van der Waals surface area contributed by atoms with E-state index in [9.17, 15) is 0 Å². The predicted octanol–water partition coefficient (Wildman–Crippen LogP) is 1.46. The van der Waals surface area contributed by atoms with Crippen LogP contribution < -0.4 is 5.73 Å². The second-order valence-electron chi connectivity index (χ2n) is 5.79. The fourth-order valence-corrected chi connectivity index (χ4v) is 5.01. The number of rotatable bonds is 4. The molecule has 2 heterocycles. The zero-order valence-corrected chi connectivity index (χ0v) is 11.5. The summed E-state index contributed by atoms with van der Waals surface area (Å²) < 4.78 is 6.38. The van der Waals surface area contributed by atoms with Crippen molar-refractivity contribution in [3.63, 3.8) is 0 Å². The lowest BCUT2D eigenvalue weighted by molar-refractivity contribution is -0.0608. The number of hydrogen-bond acceptors (Lipinski definition) is 4. The van der Waals surface area contributed by atoms with Gasteiger partial charge in [-0.3, -0.25) is 4.90 Å². The monoisotopic (exact) mass is 256 g/mol. The van der Waals surface area contributed by atoms with Crippen molar-refractivity contribution in [2.75, 3.05) is 25.9 Å². The maximum absolute atomic E-state index is 6.09. The number of thioether (sulfide) groups is 1. The zero-order valence-electron chi connectivity index (χ0n) is 10.7. The second kappa shape index (κ2) is 4.72. The van der Waals surface area contributed by atoms with Crippen LogP contribution in [0, 0.1) is 0 Å². The number of nitrogens with two attached hydrogens (primary N) is 1. The van der Waals surface area contributed by atoms with Crippen LogP contribution in [0.2, 0.25) is 0 Å². The van der Waals surface area contributed by atoms with E-state index in [4.69, 9.17) is 10.5 Å². The molecule has 0 aromatic heterocycles. The Kier molecular flexibility index (Phi) is 3.41. The first kappa shape index (κ1) is 12.3. The molecule has 17 heavy (non-hydrogen) atoms. The summed E-state index contributed by atoms with van der Waals surface area (Å²) in [5, 5.41) is 0. The molecule has 3 nitrogen and oxygen atoms in total. The third kappa shape index (κ3) is 2.03. The van der Waals surface area contributed by atoms with Gasteiger partial charge in [-0.15, -0.1) is 0 Å². The van der Waals surface area contributed by atoms with Crippen molar-refractivity contribution in [3.8, 4) is 0 Å². The average Bonchev–Trinajstić information content (AvgIpc) is 2.62. The first-order valence-corrected chi connectivity index (χ1v) is 8.14. The molecular formula is C13H24N2OS. The van der Waals surface area contributed by atoms with Gasteiger partial charge in [0.25, 0.3) is 0 Å². The molecule has 0 aromatic carbocycles. The van der Waals surface area contributed by atoms with Crippen molar-refractivity contribution in [2.24, 2.45) is 5.73 Å². The molecule has 3 unspecified atom stereocenters. The molecule has 3 rings (SSSR count). The Bertz CT molecular complexity index is 265. The highest BCUT2D eigenvalue weighted by molar-refractivity contribution is 8.00. The number of ether oxygens (including phenoxy) is 1. The number of hydrogen-bond donors (Lipinski definition) is 1. The van der Waals surface area contributed by atoms with Gasteiger partial charge >= 0.3 is 0 Å². The first-order valence-electron chi connectivity index (χ1n) is 6.92. The Morgan fingerprint density at radius 2 is 2.00 bits per heavy atom. The van der Waals surface area contributed by atoms with Crippen LogP contribution in [0.25, 0.3) is 0 Å². The molecule has 2 saturated heterocycles. The Morgan fingerprint density at radius 3 is 2.41 bits per heavy atom. The summed E-state index contributed by atoms with van der Waals surface area (Å²) in [5.74, 6) is 0. The standard InChI is InChI=1S/C13H24N2OS/c1-17-13(5-2-6-13)12(7-14)15-8-10-3-4-11(9-15)16-10/h10-12H,2-9,14H2,1H3. The molecule has 3 fully saturated rings. The lowest BCUT2D eigenvalue weighted by atomic mass is 9.77. The van der Waals surface area contributed by atoms with Crippen molar-refractivity contribution < 1.29 is 4.74 Å². The molecule has 2 N–H and O–H groups in total. The van der Waals surface area contributed by atoms with Gasteiger partial charge in [0.1, 0.15) is 0 Å². The molecule has 2 bridgehead atoms. The summed E-state index contributed by atoms with van der Waals surface area (Å²) in [4.78, 5) is 2.64. The summed E-state index contributed by atoms with van der Waals surface area (Å²) in [7, 11) is 0. The lowest BCUT2D eigenvalue weighted by Crippen LogP contribution is -2.61. The number of morpholine rings is 1. The largest absolute Gasteiger partial charge is 0.372 e. The van der Waals surface area contributed by atoms with Gasteiger partial charge in [-0.05, 0) is 31.9 Å². The third-order valence-electron chi connectivity index (χ3n) is 4.95. The van der Waals surface area contributed by atoms with Gasteiger partial charge in [-0.2, -0.15) is 11.8 Å². The summed E-state index contributed by atoms with van der Waals surface area (Å²) in [6.45, 7) is 3.03. The van der Waals surface area contributed by atoms with E-state index in [1.807, 2.05) is 11.8 Å². The van der Waals surface area contributed by atoms with Gasteiger partial charge in [0.05, 0.1) is 12.2 Å². The van der Waals surface area contributed by atoms with Crippen molar-refractivity contribution in [2.45, 2.75) is 55.1 Å². The van der Waals surface area contributed by atoms with Crippen LogP contribution in [-0.4, -0.2) is 53.8 Å². The van der Waals surface area contributed by atoms with Crippen LogP contribution in [0.4, 0.5) is 0 Å². The Morgan fingerprint density at radius 1 is 1.35 bits per heavy atom. The van der Waals surface area contributed by atoms with Gasteiger partial charge < -0.3 is 10.5 Å². The van der Waals surface area contributed by atoms with E-state index < -0.39 is 0 Å². The molecule has 3 aliphatic rings. The second-order valence-corrected chi connectivity index (χ2v) is 7.01. The molecule has 0 aromatic rings. The van der Waals surface area contributed by atoms with Crippen molar-refractivity contribution in [1.29, 1.82) is 0 Å². The minimum Gasteiger partial charge on any atom is -0.372 e. The minimum absolute atomic E-state index is 0.450. The number of likely N-dealkylation sites (tertiary alicyclic amines) is 1. The highest BCUT2D eigenvalue weighted by atomic mass is 32.2. The zero-order chi connectivity index (χ0) is 11.9. The van der Waals surface area contributed by atoms with Crippen LogP contribution >= 0.6 is 11.8 Å². The third-order valence-corrected chi connectivity index (χ3v) is 6.44. The van der Waals surface area contributed by atoms with Crippen LogP contribution in [0.1, 0.15) is 32.1 Å². The molecule has 98 valence electrons. The Balaban J connectivity index is 1.72. The Labute approximate surface area is 108 Å². The summed E-state index contributed by atoms with van der Waals surface area (Å²) >= 11 is 2.05.